The molecule has 0 amide bonds. The lowest BCUT2D eigenvalue weighted by Crippen LogP contribution is -2.01. The van der Waals surface area contributed by atoms with E-state index in [4.69, 9.17) is 23.2 Å². The lowest BCUT2D eigenvalue weighted by atomic mass is 10.1. The molecule has 0 fully saturated rings. The highest BCUT2D eigenvalue weighted by atomic mass is 79.9. The van der Waals surface area contributed by atoms with E-state index in [-0.39, 0.29) is 10.6 Å². The normalized spacial score (nSPS) is 12.8. The van der Waals surface area contributed by atoms with Gasteiger partial charge in [-0.3, -0.25) is 0 Å². The highest BCUT2D eigenvalue weighted by molar-refractivity contribution is 9.10. The summed E-state index contributed by atoms with van der Waals surface area (Å²) in [6.45, 7) is 0. The highest BCUT2D eigenvalue weighted by Crippen LogP contribution is 2.38. The maximum absolute atomic E-state index is 13.6. The van der Waals surface area contributed by atoms with Crippen LogP contribution in [0.1, 0.15) is 16.5 Å². The molecule has 2 rings (SSSR count). The lowest BCUT2D eigenvalue weighted by molar-refractivity contribution is 0.218. The quantitative estimate of drug-likeness (QED) is 0.719. The van der Waals surface area contributed by atoms with Gasteiger partial charge in [-0.15, -0.1) is 11.3 Å². The van der Waals surface area contributed by atoms with E-state index in [1.165, 1.54) is 0 Å². The van der Waals surface area contributed by atoms with Gasteiger partial charge in [0.25, 0.3) is 0 Å². The Hall–Kier alpha value is -0.200. The van der Waals surface area contributed by atoms with Crippen molar-refractivity contribution in [1.29, 1.82) is 0 Å². The van der Waals surface area contributed by atoms with Gasteiger partial charge in [-0.25, -0.2) is 8.78 Å². The van der Waals surface area contributed by atoms with Gasteiger partial charge in [-0.2, -0.15) is 0 Å². The maximum atomic E-state index is 13.6. The van der Waals surface area contributed by atoms with Crippen LogP contribution in [0.3, 0.4) is 0 Å². The van der Waals surface area contributed by atoms with Crippen molar-refractivity contribution in [3.8, 4) is 0 Å². The van der Waals surface area contributed by atoms with Crippen LogP contribution in [0.15, 0.2) is 22.7 Å². The molecule has 1 N–H and O–H groups in total. The number of aliphatic hydroxyl groups is 1. The number of halogens is 5. The van der Waals surface area contributed by atoms with Gasteiger partial charge in [0.1, 0.15) is 22.1 Å². The van der Waals surface area contributed by atoms with E-state index in [9.17, 15) is 13.9 Å². The number of aliphatic hydroxyl groups excluding tert-OH is 1. The van der Waals surface area contributed by atoms with Gasteiger partial charge in [-0.1, -0.05) is 23.2 Å². The summed E-state index contributed by atoms with van der Waals surface area (Å²) >= 11 is 15.5. The number of benzene rings is 1. The lowest BCUT2D eigenvalue weighted by Gasteiger charge is -2.10. The van der Waals surface area contributed by atoms with Crippen LogP contribution >= 0.6 is 50.5 Å². The van der Waals surface area contributed by atoms with Crippen molar-refractivity contribution >= 4 is 50.5 Å². The van der Waals surface area contributed by atoms with Gasteiger partial charge in [-0.05, 0) is 34.1 Å². The molecule has 0 saturated heterocycles. The van der Waals surface area contributed by atoms with E-state index in [0.29, 0.717) is 13.7 Å². The molecule has 0 aliphatic rings. The molecule has 96 valence electrons. The molecule has 1 aromatic carbocycles. The Bertz CT molecular complexity index is 583. The SMILES string of the molecule is OC(c1cc(Br)c(Cl)s1)c1cc(F)c(Cl)cc1F. The molecule has 7 heteroatoms. The van der Waals surface area contributed by atoms with E-state index in [2.05, 4.69) is 15.9 Å². The third-order valence-electron chi connectivity index (χ3n) is 2.27. The minimum atomic E-state index is -1.29. The number of thiophene rings is 1. The topological polar surface area (TPSA) is 20.2 Å². The molecule has 0 bridgehead atoms. The zero-order valence-corrected chi connectivity index (χ0v) is 12.5. The largest absolute Gasteiger partial charge is 0.383 e. The first kappa shape index (κ1) is 14.2. The average molecular weight is 374 g/mol. The molecule has 1 unspecified atom stereocenters. The molecule has 1 aromatic heterocycles. The first-order chi connectivity index (χ1) is 8.40. The molecule has 0 radical (unpaired) electrons. The van der Waals surface area contributed by atoms with Crippen LogP contribution in [-0.4, -0.2) is 5.11 Å². The number of hydrogen-bond donors (Lipinski definition) is 1. The van der Waals surface area contributed by atoms with Crippen molar-refractivity contribution in [2.75, 3.05) is 0 Å². The van der Waals surface area contributed by atoms with Crippen LogP contribution in [0.25, 0.3) is 0 Å². The standard InChI is InChI=1S/C11H5BrCl2F2OS/c12-5-2-9(18-11(5)14)10(17)4-1-8(16)6(13)3-7(4)15/h1-3,10,17H. The monoisotopic (exact) mass is 372 g/mol. The Balaban J connectivity index is 2.45. The minimum absolute atomic E-state index is 0.178. The molecule has 2 aromatic rings. The van der Waals surface area contributed by atoms with Gasteiger partial charge in [0.05, 0.1) is 5.02 Å². The zero-order chi connectivity index (χ0) is 13.4. The van der Waals surface area contributed by atoms with Gasteiger partial charge in [0.15, 0.2) is 0 Å². The molecular weight excluding hydrogens is 369 g/mol. The van der Waals surface area contributed by atoms with Crippen LogP contribution < -0.4 is 0 Å². The molecule has 18 heavy (non-hydrogen) atoms. The minimum Gasteiger partial charge on any atom is -0.383 e. The van der Waals surface area contributed by atoms with Crippen molar-refractivity contribution in [1.82, 2.24) is 0 Å². The van der Waals surface area contributed by atoms with Crippen molar-refractivity contribution in [3.63, 3.8) is 0 Å². The Morgan fingerprint density at radius 2 is 1.83 bits per heavy atom. The molecule has 1 nitrogen and oxygen atoms in total. The third-order valence-corrected chi connectivity index (χ3v) is 5.08. The Morgan fingerprint density at radius 3 is 2.39 bits per heavy atom. The molecule has 0 saturated carbocycles. The molecule has 0 aliphatic heterocycles. The average Bonchev–Trinajstić information content (AvgIpc) is 2.63. The Labute approximate surface area is 124 Å². The van der Waals surface area contributed by atoms with Gasteiger partial charge >= 0.3 is 0 Å². The smallest absolute Gasteiger partial charge is 0.142 e. The molecule has 0 aliphatic carbocycles. The van der Waals surface area contributed by atoms with Crippen LogP contribution in [0.5, 0.6) is 0 Å². The second-order valence-corrected chi connectivity index (χ2v) is 6.41. The van der Waals surface area contributed by atoms with Crippen molar-refractivity contribution in [2.45, 2.75) is 6.10 Å². The fourth-order valence-corrected chi connectivity index (χ4v) is 3.29. The summed E-state index contributed by atoms with van der Waals surface area (Å²) in [5.41, 5.74) is -0.178. The molecular formula is C11H5BrCl2F2OS. The van der Waals surface area contributed by atoms with E-state index in [0.717, 1.165) is 23.5 Å². The van der Waals surface area contributed by atoms with Crippen LogP contribution in [0, 0.1) is 11.6 Å². The van der Waals surface area contributed by atoms with Crippen molar-refractivity contribution in [3.05, 3.63) is 54.1 Å². The summed E-state index contributed by atoms with van der Waals surface area (Å²) in [6, 6.07) is 3.27. The van der Waals surface area contributed by atoms with E-state index in [1.807, 2.05) is 0 Å². The molecule has 1 atom stereocenters. The summed E-state index contributed by atoms with van der Waals surface area (Å²) < 4.78 is 27.9. The number of hydrogen-bond acceptors (Lipinski definition) is 2. The summed E-state index contributed by atoms with van der Waals surface area (Å²) in [4.78, 5) is 0.410. The highest BCUT2D eigenvalue weighted by Gasteiger charge is 2.20. The molecule has 1 heterocycles. The predicted molar refractivity (Wildman–Crippen MR) is 72.5 cm³/mol. The molecule has 0 spiro atoms. The summed E-state index contributed by atoms with van der Waals surface area (Å²) in [6.07, 6.45) is -1.29. The van der Waals surface area contributed by atoms with Gasteiger partial charge in [0, 0.05) is 14.9 Å². The maximum Gasteiger partial charge on any atom is 0.142 e. The summed E-state index contributed by atoms with van der Waals surface area (Å²) in [7, 11) is 0. The first-order valence-corrected chi connectivity index (χ1v) is 7.04. The second-order valence-electron chi connectivity index (χ2n) is 3.46. The van der Waals surface area contributed by atoms with E-state index >= 15 is 0 Å². The van der Waals surface area contributed by atoms with E-state index in [1.54, 1.807) is 6.07 Å². The van der Waals surface area contributed by atoms with Crippen LogP contribution in [-0.2, 0) is 0 Å². The van der Waals surface area contributed by atoms with Gasteiger partial charge in [0.2, 0.25) is 0 Å². The first-order valence-electron chi connectivity index (χ1n) is 4.67. The second kappa shape index (κ2) is 5.43. The fraction of sp³-hybridized carbons (Fsp3) is 0.0909. The summed E-state index contributed by atoms with van der Waals surface area (Å²) in [5.74, 6) is -1.55. The predicted octanol–water partition coefficient (Wildman–Crippen LogP) is 5.18. The Morgan fingerprint density at radius 1 is 1.17 bits per heavy atom. The third kappa shape index (κ3) is 2.70. The summed E-state index contributed by atoms with van der Waals surface area (Å²) in [5, 5.41) is 9.68. The van der Waals surface area contributed by atoms with E-state index < -0.39 is 17.7 Å². The van der Waals surface area contributed by atoms with Crippen molar-refractivity contribution in [2.24, 2.45) is 0 Å². The van der Waals surface area contributed by atoms with Crippen molar-refractivity contribution < 1.29 is 13.9 Å². The number of rotatable bonds is 2. The fourth-order valence-electron chi connectivity index (χ4n) is 1.40. The van der Waals surface area contributed by atoms with Gasteiger partial charge < -0.3 is 5.11 Å². The zero-order valence-electron chi connectivity index (χ0n) is 8.55. The van der Waals surface area contributed by atoms with Crippen LogP contribution in [0.4, 0.5) is 8.78 Å². The van der Waals surface area contributed by atoms with Crippen LogP contribution in [0.2, 0.25) is 9.36 Å². The Kier molecular flexibility index (Phi) is 4.29.